The zero-order valence-corrected chi connectivity index (χ0v) is 9.36. The molecule has 0 radical (unpaired) electrons. The fourth-order valence-corrected chi connectivity index (χ4v) is 2.12. The van der Waals surface area contributed by atoms with Gasteiger partial charge in [-0.2, -0.15) is 0 Å². The number of hydrogen-bond donors (Lipinski definition) is 2. The number of hydrazine groups is 1. The van der Waals surface area contributed by atoms with Crippen molar-refractivity contribution >= 4 is 28.5 Å². The maximum absolute atomic E-state index is 5.98. The van der Waals surface area contributed by atoms with Gasteiger partial charge in [-0.15, -0.1) is 0 Å². The fraction of sp³-hybridized carbons (Fsp3) is 0.625. The molecule has 0 aromatic rings. The molecule has 0 aromatic carbocycles. The molecule has 2 rings (SSSR count). The lowest BCUT2D eigenvalue weighted by Crippen LogP contribution is -2.46. The summed E-state index contributed by atoms with van der Waals surface area (Å²) < 4.78 is 0. The van der Waals surface area contributed by atoms with E-state index in [2.05, 4.69) is 27.7 Å². The Morgan fingerprint density at radius 3 is 3.07 bits per heavy atom. The van der Waals surface area contributed by atoms with Crippen LogP contribution in [0.15, 0.2) is 15.7 Å². The Balaban J connectivity index is 2.11. The second-order valence-electron chi connectivity index (χ2n) is 3.35. The van der Waals surface area contributed by atoms with Gasteiger partial charge in [-0.05, 0) is 18.0 Å². The summed E-state index contributed by atoms with van der Waals surface area (Å²) in [4.78, 5) is 3.97. The minimum absolute atomic E-state index is 0.0130. The first-order chi connectivity index (χ1) is 6.70. The Labute approximate surface area is 92.9 Å². The average molecular weight is 235 g/mol. The van der Waals surface area contributed by atoms with Gasteiger partial charge in [0.05, 0.1) is 0 Å². The number of rotatable bonds is 2. The third-order valence-electron chi connectivity index (χ3n) is 2.24. The van der Waals surface area contributed by atoms with Gasteiger partial charge in [0.2, 0.25) is 0 Å². The molecule has 1 atom stereocenters. The molecule has 0 bridgehead atoms. The number of hydrogen-bond acceptors (Lipinski definition) is 4. The second-order valence-corrected chi connectivity index (χ2v) is 4.06. The molecule has 0 aliphatic carbocycles. The predicted molar refractivity (Wildman–Crippen MR) is 58.1 cm³/mol. The molecule has 2 aliphatic heterocycles. The molecule has 0 spiro atoms. The van der Waals surface area contributed by atoms with Gasteiger partial charge in [0.25, 0.3) is 0 Å². The van der Waals surface area contributed by atoms with Gasteiger partial charge in [-0.1, -0.05) is 18.5 Å². The first-order valence-corrected chi connectivity index (χ1v) is 5.36. The van der Waals surface area contributed by atoms with E-state index in [1.807, 2.05) is 0 Å². The van der Waals surface area contributed by atoms with Crippen molar-refractivity contribution in [1.82, 2.24) is 15.8 Å². The Morgan fingerprint density at radius 2 is 2.36 bits per heavy atom. The third-order valence-corrected chi connectivity index (χ3v) is 2.76. The monoisotopic (exact) mass is 234 g/mol. The Kier molecular flexibility index (Phi) is 2.97. The second kappa shape index (κ2) is 4.06. The van der Waals surface area contributed by atoms with E-state index in [1.54, 1.807) is 0 Å². The van der Waals surface area contributed by atoms with E-state index in [0.717, 1.165) is 25.1 Å². The van der Waals surface area contributed by atoms with E-state index in [1.165, 1.54) is 0 Å². The molecule has 6 heteroatoms. The van der Waals surface area contributed by atoms with Gasteiger partial charge in [0.15, 0.2) is 5.29 Å². The van der Waals surface area contributed by atoms with Crippen molar-refractivity contribution in [2.24, 2.45) is 4.99 Å². The molecule has 2 heterocycles. The van der Waals surface area contributed by atoms with E-state index >= 15 is 0 Å². The zero-order valence-electron chi connectivity index (χ0n) is 7.85. The van der Waals surface area contributed by atoms with E-state index < -0.39 is 0 Å². The Morgan fingerprint density at radius 1 is 1.57 bits per heavy atom. The van der Waals surface area contributed by atoms with Gasteiger partial charge in [0, 0.05) is 18.7 Å². The highest BCUT2D eigenvalue weighted by Gasteiger charge is 2.31. The molecule has 1 fully saturated rings. The molecule has 1 saturated heterocycles. The molecule has 0 saturated carbocycles. The lowest BCUT2D eigenvalue weighted by molar-refractivity contribution is 0.232. The smallest absolute Gasteiger partial charge is 0.198 e. The number of fused-ring (bicyclic) bond motifs is 1. The fourth-order valence-electron chi connectivity index (χ4n) is 1.63. The molecule has 1 unspecified atom stereocenters. The van der Waals surface area contributed by atoms with E-state index in [9.17, 15) is 0 Å². The van der Waals surface area contributed by atoms with Crippen molar-refractivity contribution < 1.29 is 0 Å². The Bertz CT molecular complexity index is 300. The highest BCUT2D eigenvalue weighted by Crippen LogP contribution is 2.23. The van der Waals surface area contributed by atoms with Gasteiger partial charge >= 0.3 is 0 Å². The van der Waals surface area contributed by atoms with Crippen LogP contribution >= 0.6 is 23.2 Å². The summed E-state index contributed by atoms with van der Waals surface area (Å²) in [5, 5.41) is 5.98. The first kappa shape index (κ1) is 10.2. The number of nitrogens with one attached hydrogen (secondary N) is 2. The quantitative estimate of drug-likeness (QED) is 0.706. The van der Waals surface area contributed by atoms with Gasteiger partial charge in [-0.25, -0.2) is 15.4 Å². The molecule has 0 aromatic heterocycles. The van der Waals surface area contributed by atoms with Crippen molar-refractivity contribution in [2.45, 2.75) is 19.5 Å². The molecule has 2 N–H and O–H groups in total. The van der Waals surface area contributed by atoms with Gasteiger partial charge < -0.3 is 5.32 Å². The van der Waals surface area contributed by atoms with Crippen LogP contribution in [-0.2, 0) is 0 Å². The largest absolute Gasteiger partial charge is 0.340 e. The molecule has 0 amide bonds. The van der Waals surface area contributed by atoms with Crippen molar-refractivity contribution in [1.29, 1.82) is 0 Å². The molecule has 14 heavy (non-hydrogen) atoms. The zero-order chi connectivity index (χ0) is 10.1. The van der Waals surface area contributed by atoms with Crippen LogP contribution in [0.25, 0.3) is 0 Å². The number of nitrogens with zero attached hydrogens (tertiary/aromatic N) is 2. The SMILES string of the molecule is CCCN1CC2=C(Cl)N=C(Cl)NC2N1. The van der Waals surface area contributed by atoms with Crippen LogP contribution in [0.4, 0.5) is 0 Å². The summed E-state index contributed by atoms with van der Waals surface area (Å²) in [6.07, 6.45) is 1.11. The van der Waals surface area contributed by atoms with Crippen LogP contribution in [0.5, 0.6) is 0 Å². The molecular formula is C8H12Cl2N4. The van der Waals surface area contributed by atoms with Gasteiger partial charge in [-0.3, -0.25) is 0 Å². The highest BCUT2D eigenvalue weighted by atomic mass is 35.5. The number of aliphatic imine (C=N–C) groups is 1. The first-order valence-electron chi connectivity index (χ1n) is 4.61. The molecule has 78 valence electrons. The van der Waals surface area contributed by atoms with Crippen molar-refractivity contribution in [3.05, 3.63) is 10.7 Å². The van der Waals surface area contributed by atoms with E-state index in [0.29, 0.717) is 10.5 Å². The molecule has 2 aliphatic rings. The van der Waals surface area contributed by atoms with Crippen LogP contribution in [0.1, 0.15) is 13.3 Å². The summed E-state index contributed by atoms with van der Waals surface area (Å²) >= 11 is 11.7. The van der Waals surface area contributed by atoms with Crippen molar-refractivity contribution in [3.63, 3.8) is 0 Å². The maximum Gasteiger partial charge on any atom is 0.198 e. The third kappa shape index (κ3) is 1.88. The van der Waals surface area contributed by atoms with Crippen molar-refractivity contribution in [2.75, 3.05) is 13.1 Å². The maximum atomic E-state index is 5.98. The lowest BCUT2D eigenvalue weighted by atomic mass is 10.2. The van der Waals surface area contributed by atoms with Crippen LogP contribution in [0.3, 0.4) is 0 Å². The van der Waals surface area contributed by atoms with Crippen LogP contribution < -0.4 is 10.7 Å². The average Bonchev–Trinajstić information content (AvgIpc) is 2.48. The predicted octanol–water partition coefficient (Wildman–Crippen LogP) is 1.19. The lowest BCUT2D eigenvalue weighted by Gasteiger charge is -2.19. The van der Waals surface area contributed by atoms with Crippen LogP contribution in [0.2, 0.25) is 0 Å². The highest BCUT2D eigenvalue weighted by molar-refractivity contribution is 6.65. The van der Waals surface area contributed by atoms with Crippen molar-refractivity contribution in [3.8, 4) is 0 Å². The number of amidine groups is 1. The topological polar surface area (TPSA) is 39.7 Å². The van der Waals surface area contributed by atoms with Crippen LogP contribution in [-0.4, -0.2) is 29.6 Å². The summed E-state index contributed by atoms with van der Waals surface area (Å²) in [5.74, 6) is 0. The summed E-state index contributed by atoms with van der Waals surface area (Å²) in [7, 11) is 0. The van der Waals surface area contributed by atoms with E-state index in [-0.39, 0.29) is 6.17 Å². The minimum Gasteiger partial charge on any atom is -0.340 e. The standard InChI is InChI=1S/C8H12Cl2N4/c1-2-3-14-4-5-6(9)11-8(10)12-7(5)13-14/h7,13H,2-4H2,1H3,(H,11,12). The minimum atomic E-state index is 0.0130. The number of halogens is 2. The van der Waals surface area contributed by atoms with Gasteiger partial charge in [0.1, 0.15) is 11.3 Å². The normalized spacial score (nSPS) is 27.4. The summed E-state index contributed by atoms with van der Waals surface area (Å²) in [6, 6.07) is 0. The molecule has 4 nitrogen and oxygen atoms in total. The van der Waals surface area contributed by atoms with E-state index in [4.69, 9.17) is 23.2 Å². The van der Waals surface area contributed by atoms with Crippen LogP contribution in [0, 0.1) is 0 Å². The summed E-state index contributed by atoms with van der Waals surface area (Å²) in [6.45, 7) is 3.93. The Hall–Kier alpha value is -0.290. The molecular weight excluding hydrogens is 223 g/mol. The summed E-state index contributed by atoms with van der Waals surface area (Å²) in [5.41, 5.74) is 4.33.